The highest BCUT2D eigenvalue weighted by atomic mass is 16.2. The smallest absolute Gasteiger partial charge is 0.325 e. The van der Waals surface area contributed by atoms with Gasteiger partial charge in [-0.15, -0.1) is 0 Å². The topological polar surface area (TPSA) is 73.0 Å². The minimum atomic E-state index is -0.917. The molecular formula is C12H20N4O3. The molecule has 0 atom stereocenters. The fourth-order valence-electron chi connectivity index (χ4n) is 2.25. The van der Waals surface area contributed by atoms with Gasteiger partial charge < -0.3 is 15.1 Å². The van der Waals surface area contributed by atoms with E-state index in [0.717, 1.165) is 18.0 Å². The van der Waals surface area contributed by atoms with Crippen molar-refractivity contribution in [2.45, 2.75) is 19.4 Å². The molecule has 7 nitrogen and oxygen atoms in total. The Hall–Kier alpha value is -1.63. The SMILES string of the molecule is CN1CCN(C(=O)CN2C(=O)NC(C)(C)C2=O)CC1. The molecule has 0 bridgehead atoms. The Morgan fingerprint density at radius 1 is 1.21 bits per heavy atom. The summed E-state index contributed by atoms with van der Waals surface area (Å²) in [5, 5.41) is 2.57. The van der Waals surface area contributed by atoms with E-state index < -0.39 is 11.6 Å². The molecule has 0 spiro atoms. The number of carbonyl (C=O) groups excluding carboxylic acids is 3. The maximum atomic E-state index is 12.1. The molecule has 2 aliphatic heterocycles. The molecule has 2 fully saturated rings. The summed E-state index contributed by atoms with van der Waals surface area (Å²) in [6.45, 7) is 6.01. The van der Waals surface area contributed by atoms with Crippen molar-refractivity contribution >= 4 is 17.8 Å². The van der Waals surface area contributed by atoms with Crippen LogP contribution in [0, 0.1) is 0 Å². The van der Waals surface area contributed by atoms with E-state index in [-0.39, 0.29) is 18.4 Å². The fraction of sp³-hybridized carbons (Fsp3) is 0.750. The first-order valence-corrected chi connectivity index (χ1v) is 6.42. The first-order chi connectivity index (χ1) is 8.81. The molecule has 7 heteroatoms. The molecule has 0 unspecified atom stereocenters. The number of nitrogens with one attached hydrogen (secondary N) is 1. The van der Waals surface area contributed by atoms with Crippen LogP contribution in [0.2, 0.25) is 0 Å². The van der Waals surface area contributed by atoms with Gasteiger partial charge in [-0.3, -0.25) is 14.5 Å². The van der Waals surface area contributed by atoms with Gasteiger partial charge in [0, 0.05) is 26.2 Å². The highest BCUT2D eigenvalue weighted by Gasteiger charge is 2.45. The molecule has 2 heterocycles. The predicted octanol–water partition coefficient (Wildman–Crippen LogP) is -0.909. The molecule has 0 aromatic rings. The van der Waals surface area contributed by atoms with Gasteiger partial charge in [-0.1, -0.05) is 0 Å². The van der Waals surface area contributed by atoms with Crippen LogP contribution in [-0.4, -0.2) is 77.9 Å². The van der Waals surface area contributed by atoms with Gasteiger partial charge in [0.15, 0.2) is 0 Å². The minimum Gasteiger partial charge on any atom is -0.339 e. The normalized spacial score (nSPS) is 23.7. The standard InChI is InChI=1S/C12H20N4O3/c1-12(2)10(18)16(11(19)13-12)8-9(17)15-6-4-14(3)5-7-15/h4-8H2,1-3H3,(H,13,19). The summed E-state index contributed by atoms with van der Waals surface area (Å²) in [6, 6.07) is -0.488. The van der Waals surface area contributed by atoms with Crippen molar-refractivity contribution < 1.29 is 14.4 Å². The van der Waals surface area contributed by atoms with Crippen molar-refractivity contribution in [2.24, 2.45) is 0 Å². The van der Waals surface area contributed by atoms with Crippen molar-refractivity contribution in [3.05, 3.63) is 0 Å². The molecule has 2 rings (SSSR count). The van der Waals surface area contributed by atoms with Crippen LogP contribution in [0.25, 0.3) is 0 Å². The number of amides is 4. The summed E-state index contributed by atoms with van der Waals surface area (Å²) in [7, 11) is 2.00. The zero-order valence-corrected chi connectivity index (χ0v) is 11.6. The van der Waals surface area contributed by atoms with Crippen molar-refractivity contribution in [2.75, 3.05) is 39.8 Å². The molecule has 0 radical (unpaired) electrons. The van der Waals surface area contributed by atoms with Gasteiger partial charge in [0.2, 0.25) is 5.91 Å². The van der Waals surface area contributed by atoms with Gasteiger partial charge in [0.25, 0.3) is 5.91 Å². The quantitative estimate of drug-likeness (QED) is 0.658. The second-order valence-corrected chi connectivity index (χ2v) is 5.63. The lowest BCUT2D eigenvalue weighted by Crippen LogP contribution is -2.51. The van der Waals surface area contributed by atoms with Crippen LogP contribution in [0.1, 0.15) is 13.8 Å². The Bertz CT molecular complexity index is 413. The number of piperazine rings is 1. The largest absolute Gasteiger partial charge is 0.339 e. The lowest BCUT2D eigenvalue weighted by atomic mass is 10.1. The summed E-state index contributed by atoms with van der Waals surface area (Å²) in [5.74, 6) is -0.519. The van der Waals surface area contributed by atoms with Gasteiger partial charge in [-0.2, -0.15) is 0 Å². The van der Waals surface area contributed by atoms with Crippen molar-refractivity contribution in [3.63, 3.8) is 0 Å². The summed E-state index contributed by atoms with van der Waals surface area (Å²) in [4.78, 5) is 40.6. The van der Waals surface area contributed by atoms with Gasteiger partial charge >= 0.3 is 6.03 Å². The van der Waals surface area contributed by atoms with E-state index in [9.17, 15) is 14.4 Å². The number of rotatable bonds is 2. The number of likely N-dealkylation sites (N-methyl/N-ethyl adjacent to an activating group) is 1. The van der Waals surface area contributed by atoms with Crippen molar-refractivity contribution in [1.82, 2.24) is 20.0 Å². The van der Waals surface area contributed by atoms with E-state index in [4.69, 9.17) is 0 Å². The number of carbonyl (C=O) groups is 3. The molecule has 2 aliphatic rings. The van der Waals surface area contributed by atoms with E-state index in [1.165, 1.54) is 0 Å². The van der Waals surface area contributed by atoms with Crippen LogP contribution < -0.4 is 5.32 Å². The van der Waals surface area contributed by atoms with Crippen molar-refractivity contribution in [3.8, 4) is 0 Å². The van der Waals surface area contributed by atoms with Crippen LogP contribution in [-0.2, 0) is 9.59 Å². The Morgan fingerprint density at radius 2 is 1.79 bits per heavy atom. The van der Waals surface area contributed by atoms with E-state index in [1.54, 1.807) is 18.7 Å². The Morgan fingerprint density at radius 3 is 2.26 bits per heavy atom. The van der Waals surface area contributed by atoms with E-state index in [0.29, 0.717) is 13.1 Å². The molecular weight excluding hydrogens is 248 g/mol. The van der Waals surface area contributed by atoms with Crippen LogP contribution in [0.4, 0.5) is 4.79 Å². The summed E-state index contributed by atoms with van der Waals surface area (Å²) >= 11 is 0. The van der Waals surface area contributed by atoms with Gasteiger partial charge in [0.05, 0.1) is 0 Å². The first-order valence-electron chi connectivity index (χ1n) is 6.42. The molecule has 19 heavy (non-hydrogen) atoms. The van der Waals surface area contributed by atoms with Crippen LogP contribution in [0.15, 0.2) is 0 Å². The third-order valence-electron chi connectivity index (χ3n) is 3.59. The maximum Gasteiger partial charge on any atom is 0.325 e. The molecule has 0 aromatic heterocycles. The van der Waals surface area contributed by atoms with Crippen LogP contribution in [0.3, 0.4) is 0 Å². The highest BCUT2D eigenvalue weighted by molar-refractivity contribution is 6.08. The molecule has 1 N–H and O–H groups in total. The predicted molar refractivity (Wildman–Crippen MR) is 68.4 cm³/mol. The molecule has 0 aromatic carbocycles. The molecule has 2 saturated heterocycles. The highest BCUT2D eigenvalue weighted by Crippen LogP contribution is 2.16. The Kier molecular flexibility index (Phi) is 3.49. The number of hydrogen-bond acceptors (Lipinski definition) is 4. The lowest BCUT2D eigenvalue weighted by Gasteiger charge is -2.33. The lowest BCUT2D eigenvalue weighted by molar-refractivity contribution is -0.139. The Balaban J connectivity index is 1.96. The van der Waals surface area contributed by atoms with E-state index in [2.05, 4.69) is 10.2 Å². The second-order valence-electron chi connectivity index (χ2n) is 5.63. The van der Waals surface area contributed by atoms with Crippen molar-refractivity contribution in [1.29, 1.82) is 0 Å². The van der Waals surface area contributed by atoms with Crippen LogP contribution >= 0.6 is 0 Å². The fourth-order valence-corrected chi connectivity index (χ4v) is 2.25. The Labute approximate surface area is 112 Å². The van der Waals surface area contributed by atoms with Gasteiger partial charge in [0.1, 0.15) is 12.1 Å². The number of imide groups is 1. The molecule has 0 aliphatic carbocycles. The summed E-state index contributed by atoms with van der Waals surface area (Å²) in [5.41, 5.74) is -0.917. The molecule has 0 saturated carbocycles. The monoisotopic (exact) mass is 268 g/mol. The maximum absolute atomic E-state index is 12.1. The molecule has 106 valence electrons. The average molecular weight is 268 g/mol. The van der Waals surface area contributed by atoms with E-state index in [1.807, 2.05) is 7.05 Å². The number of hydrogen-bond donors (Lipinski definition) is 1. The second kappa shape index (κ2) is 4.80. The number of nitrogens with zero attached hydrogens (tertiary/aromatic N) is 3. The van der Waals surface area contributed by atoms with E-state index >= 15 is 0 Å². The van der Waals surface area contributed by atoms with Gasteiger partial charge in [-0.25, -0.2) is 4.79 Å². The van der Waals surface area contributed by atoms with Gasteiger partial charge in [-0.05, 0) is 20.9 Å². The van der Waals surface area contributed by atoms with Crippen LogP contribution in [0.5, 0.6) is 0 Å². The zero-order valence-electron chi connectivity index (χ0n) is 11.6. The third-order valence-corrected chi connectivity index (χ3v) is 3.59. The average Bonchev–Trinajstić information content (AvgIpc) is 2.52. The summed E-state index contributed by atoms with van der Waals surface area (Å²) in [6.07, 6.45) is 0. The first kappa shape index (κ1) is 13.8. The molecule has 4 amide bonds. The third kappa shape index (κ3) is 2.70. The number of urea groups is 1. The summed E-state index contributed by atoms with van der Waals surface area (Å²) < 4.78 is 0. The minimum absolute atomic E-state index is 0.169. The zero-order chi connectivity index (χ0) is 14.2.